The van der Waals surface area contributed by atoms with Gasteiger partial charge in [-0.1, -0.05) is 13.8 Å². The minimum absolute atomic E-state index is 0.165. The van der Waals surface area contributed by atoms with Crippen LogP contribution >= 0.6 is 0 Å². The molecule has 0 aromatic carbocycles. The maximum Gasteiger partial charge on any atom is 0.256 e. The van der Waals surface area contributed by atoms with Crippen molar-refractivity contribution in [2.75, 3.05) is 5.32 Å². The van der Waals surface area contributed by atoms with Crippen molar-refractivity contribution in [2.45, 2.75) is 26.7 Å². The summed E-state index contributed by atoms with van der Waals surface area (Å²) in [6, 6.07) is 5.38. The van der Waals surface area contributed by atoms with E-state index in [-0.39, 0.29) is 11.8 Å². The van der Waals surface area contributed by atoms with Crippen LogP contribution in [0.2, 0.25) is 0 Å². The molecule has 0 atom stereocenters. The molecule has 23 heavy (non-hydrogen) atoms. The third kappa shape index (κ3) is 2.79. The first kappa shape index (κ1) is 15.1. The quantitative estimate of drug-likeness (QED) is 0.807. The number of amides is 1. The third-order valence-electron chi connectivity index (χ3n) is 3.76. The van der Waals surface area contributed by atoms with E-state index >= 15 is 0 Å². The molecule has 0 radical (unpaired) electrons. The zero-order valence-electron chi connectivity index (χ0n) is 13.7. The van der Waals surface area contributed by atoms with Crippen molar-refractivity contribution in [3.63, 3.8) is 0 Å². The molecule has 0 aliphatic rings. The fourth-order valence-electron chi connectivity index (χ4n) is 2.57. The van der Waals surface area contributed by atoms with Gasteiger partial charge in [0.05, 0.1) is 16.6 Å². The maximum absolute atomic E-state index is 12.8. The molecular formula is C17H19N5O. The number of pyridine rings is 2. The van der Waals surface area contributed by atoms with Crippen molar-refractivity contribution in [3.05, 3.63) is 47.5 Å². The van der Waals surface area contributed by atoms with E-state index in [1.165, 1.54) is 0 Å². The largest absolute Gasteiger partial charge is 0.322 e. The molecule has 6 nitrogen and oxygen atoms in total. The minimum Gasteiger partial charge on any atom is -0.322 e. The number of rotatable bonds is 3. The van der Waals surface area contributed by atoms with Crippen LogP contribution in [-0.4, -0.2) is 25.7 Å². The number of hydrogen-bond acceptors (Lipinski definition) is 4. The summed E-state index contributed by atoms with van der Waals surface area (Å²) in [5, 5.41) is 8.11. The summed E-state index contributed by atoms with van der Waals surface area (Å²) in [6.07, 6.45) is 3.29. The molecule has 6 heteroatoms. The van der Waals surface area contributed by atoms with Crippen molar-refractivity contribution >= 4 is 22.6 Å². The Morgan fingerprint density at radius 3 is 2.61 bits per heavy atom. The van der Waals surface area contributed by atoms with Gasteiger partial charge in [0, 0.05) is 30.8 Å². The lowest BCUT2D eigenvalue weighted by Gasteiger charge is -2.10. The monoisotopic (exact) mass is 309 g/mol. The van der Waals surface area contributed by atoms with Gasteiger partial charge in [-0.15, -0.1) is 0 Å². The normalized spacial score (nSPS) is 11.2. The standard InChI is InChI=1S/C17H19N5O/c1-10(2)14-9-13(15-11(3)21-22(4)16(15)20-14)17(23)19-12-5-7-18-8-6-12/h5-10H,1-4H3,(H,18,19,23). The van der Waals surface area contributed by atoms with E-state index < -0.39 is 0 Å². The lowest BCUT2D eigenvalue weighted by Crippen LogP contribution is -2.14. The van der Waals surface area contributed by atoms with Crippen molar-refractivity contribution in [2.24, 2.45) is 7.05 Å². The summed E-state index contributed by atoms with van der Waals surface area (Å²) in [7, 11) is 1.84. The van der Waals surface area contributed by atoms with Gasteiger partial charge in [0.1, 0.15) is 0 Å². The average molecular weight is 309 g/mol. The fraction of sp³-hybridized carbons (Fsp3) is 0.294. The van der Waals surface area contributed by atoms with Crippen LogP contribution in [0.1, 0.15) is 41.5 Å². The molecule has 0 bridgehead atoms. The van der Waals surface area contributed by atoms with Crippen molar-refractivity contribution in [1.82, 2.24) is 19.7 Å². The van der Waals surface area contributed by atoms with E-state index in [0.29, 0.717) is 11.3 Å². The summed E-state index contributed by atoms with van der Waals surface area (Å²) in [5.74, 6) is 0.0590. The van der Waals surface area contributed by atoms with Gasteiger partial charge in [-0.2, -0.15) is 5.10 Å². The fourth-order valence-corrected chi connectivity index (χ4v) is 2.57. The molecular weight excluding hydrogens is 290 g/mol. The van der Waals surface area contributed by atoms with Gasteiger partial charge >= 0.3 is 0 Å². The van der Waals surface area contributed by atoms with Gasteiger partial charge in [0.2, 0.25) is 0 Å². The second kappa shape index (κ2) is 5.79. The number of aromatic nitrogens is 4. The summed E-state index contributed by atoms with van der Waals surface area (Å²) in [4.78, 5) is 21.4. The summed E-state index contributed by atoms with van der Waals surface area (Å²) >= 11 is 0. The Morgan fingerprint density at radius 1 is 1.26 bits per heavy atom. The number of aryl methyl sites for hydroxylation is 2. The van der Waals surface area contributed by atoms with Crippen molar-refractivity contribution in [1.29, 1.82) is 0 Å². The summed E-state index contributed by atoms with van der Waals surface area (Å²) < 4.78 is 1.72. The van der Waals surface area contributed by atoms with E-state index in [2.05, 4.69) is 34.2 Å². The van der Waals surface area contributed by atoms with Gasteiger partial charge in [-0.3, -0.25) is 14.5 Å². The molecule has 0 unspecified atom stereocenters. The zero-order chi connectivity index (χ0) is 16.6. The van der Waals surface area contributed by atoms with Crippen molar-refractivity contribution in [3.8, 4) is 0 Å². The molecule has 3 rings (SSSR count). The molecule has 0 spiro atoms. The molecule has 0 fully saturated rings. The summed E-state index contributed by atoms with van der Waals surface area (Å²) in [5.41, 5.74) is 3.71. The Bertz CT molecular complexity index is 868. The third-order valence-corrected chi connectivity index (χ3v) is 3.76. The lowest BCUT2D eigenvalue weighted by molar-refractivity contribution is 0.102. The predicted octanol–water partition coefficient (Wildman–Crippen LogP) is 3.05. The van der Waals surface area contributed by atoms with E-state index in [1.54, 1.807) is 29.2 Å². The number of carbonyl (C=O) groups excluding carboxylic acids is 1. The molecule has 0 aliphatic carbocycles. The molecule has 3 aromatic heterocycles. The van der Waals surface area contributed by atoms with Crippen LogP contribution in [0.4, 0.5) is 5.69 Å². The lowest BCUT2D eigenvalue weighted by atomic mass is 10.0. The number of hydrogen-bond donors (Lipinski definition) is 1. The molecule has 0 aliphatic heterocycles. The van der Waals surface area contributed by atoms with Gasteiger partial charge in [-0.25, -0.2) is 4.98 Å². The predicted molar refractivity (Wildman–Crippen MR) is 89.5 cm³/mol. The van der Waals surface area contributed by atoms with Crippen molar-refractivity contribution < 1.29 is 4.79 Å². The SMILES string of the molecule is Cc1nn(C)c2nc(C(C)C)cc(C(=O)Nc3ccncc3)c12. The number of anilines is 1. The van der Waals surface area contributed by atoms with Gasteiger partial charge in [0.15, 0.2) is 5.65 Å². The van der Waals surface area contributed by atoms with Crippen LogP contribution in [-0.2, 0) is 7.05 Å². The first-order valence-corrected chi connectivity index (χ1v) is 7.53. The molecule has 1 N–H and O–H groups in total. The topological polar surface area (TPSA) is 72.7 Å². The molecule has 118 valence electrons. The van der Waals surface area contributed by atoms with Gasteiger partial charge < -0.3 is 5.32 Å². The highest BCUT2D eigenvalue weighted by atomic mass is 16.1. The second-order valence-corrected chi connectivity index (χ2v) is 5.85. The highest BCUT2D eigenvalue weighted by Gasteiger charge is 2.19. The van der Waals surface area contributed by atoms with E-state index in [9.17, 15) is 4.79 Å². The summed E-state index contributed by atoms with van der Waals surface area (Å²) in [6.45, 7) is 6.01. The van der Waals surface area contributed by atoms with Crippen LogP contribution < -0.4 is 5.32 Å². The molecule has 1 amide bonds. The van der Waals surface area contributed by atoms with Crippen LogP contribution in [0, 0.1) is 6.92 Å². The first-order valence-electron chi connectivity index (χ1n) is 7.53. The Hall–Kier alpha value is -2.76. The Labute approximate surface area is 134 Å². The molecule has 3 heterocycles. The van der Waals surface area contributed by atoms with Gasteiger partial charge in [0.25, 0.3) is 5.91 Å². The Kier molecular flexibility index (Phi) is 3.82. The number of nitrogens with zero attached hydrogens (tertiary/aromatic N) is 4. The maximum atomic E-state index is 12.8. The van der Waals surface area contributed by atoms with Crippen LogP contribution in [0.25, 0.3) is 11.0 Å². The number of carbonyl (C=O) groups is 1. The molecule has 0 saturated carbocycles. The second-order valence-electron chi connectivity index (χ2n) is 5.85. The smallest absolute Gasteiger partial charge is 0.256 e. The minimum atomic E-state index is -0.165. The van der Waals surface area contributed by atoms with Crippen LogP contribution in [0.5, 0.6) is 0 Å². The van der Waals surface area contributed by atoms with Crippen LogP contribution in [0.3, 0.4) is 0 Å². The molecule has 0 saturated heterocycles. The first-order chi connectivity index (χ1) is 11.0. The zero-order valence-corrected chi connectivity index (χ0v) is 13.7. The highest BCUT2D eigenvalue weighted by molar-refractivity contribution is 6.12. The Balaban J connectivity index is 2.13. The van der Waals surface area contributed by atoms with E-state index in [0.717, 1.165) is 22.4 Å². The molecule has 3 aromatic rings. The van der Waals surface area contributed by atoms with Gasteiger partial charge in [-0.05, 0) is 31.0 Å². The van der Waals surface area contributed by atoms with E-state index in [4.69, 9.17) is 0 Å². The highest BCUT2D eigenvalue weighted by Crippen LogP contribution is 2.25. The van der Waals surface area contributed by atoms with E-state index in [1.807, 2.05) is 20.0 Å². The Morgan fingerprint density at radius 2 is 1.96 bits per heavy atom. The average Bonchev–Trinajstić information content (AvgIpc) is 2.82. The van der Waals surface area contributed by atoms with Crippen LogP contribution in [0.15, 0.2) is 30.6 Å². The number of fused-ring (bicyclic) bond motifs is 1. The number of nitrogens with one attached hydrogen (secondary N) is 1.